The lowest BCUT2D eigenvalue weighted by Gasteiger charge is -2.34. The second kappa shape index (κ2) is 6.92. The third kappa shape index (κ3) is 3.07. The number of nitrogens with one attached hydrogen (secondary N) is 2. The van der Waals surface area contributed by atoms with Gasteiger partial charge in [0.25, 0.3) is 0 Å². The maximum absolute atomic E-state index is 14.0. The average molecular weight is 455 g/mol. The molecule has 33 heavy (non-hydrogen) atoms. The van der Waals surface area contributed by atoms with E-state index in [-0.39, 0.29) is 18.1 Å². The molecule has 1 aliphatic heterocycles. The molecule has 168 valence electrons. The van der Waals surface area contributed by atoms with Crippen LogP contribution in [-0.4, -0.2) is 52.8 Å². The number of benzene rings is 1. The Morgan fingerprint density at radius 2 is 1.97 bits per heavy atom. The number of anilines is 1. The Morgan fingerprint density at radius 3 is 2.73 bits per heavy atom. The molecule has 0 saturated heterocycles. The van der Waals surface area contributed by atoms with Gasteiger partial charge < -0.3 is 10.1 Å². The van der Waals surface area contributed by atoms with E-state index in [1.807, 2.05) is 0 Å². The van der Waals surface area contributed by atoms with Gasteiger partial charge in [0.1, 0.15) is 17.9 Å². The zero-order valence-electron chi connectivity index (χ0n) is 17.1. The van der Waals surface area contributed by atoms with E-state index in [9.17, 15) is 13.2 Å². The molecule has 0 radical (unpaired) electrons. The third-order valence-corrected chi connectivity index (χ3v) is 5.79. The molecular formula is C20H16F3N9O. The maximum Gasteiger partial charge on any atom is 0.410 e. The van der Waals surface area contributed by atoms with Gasteiger partial charge in [-0.1, -0.05) is 12.1 Å². The van der Waals surface area contributed by atoms with Gasteiger partial charge in [0, 0.05) is 6.42 Å². The Balaban J connectivity index is 1.46. The Hall–Kier alpha value is -4.16. The molecule has 6 rings (SSSR count). The lowest BCUT2D eigenvalue weighted by Crippen LogP contribution is -2.35. The molecule has 0 spiro atoms. The topological polar surface area (TPSA) is 111 Å². The van der Waals surface area contributed by atoms with Crippen LogP contribution in [0.15, 0.2) is 43.0 Å². The highest BCUT2D eigenvalue weighted by Crippen LogP contribution is 2.46. The van der Waals surface area contributed by atoms with E-state index in [0.29, 0.717) is 33.6 Å². The number of hydrogen-bond acceptors (Lipinski definition) is 7. The fraction of sp³-hybridized carbons (Fsp3) is 0.250. The molecule has 10 nitrogen and oxygen atoms in total. The van der Waals surface area contributed by atoms with Crippen LogP contribution in [0.5, 0.6) is 5.75 Å². The summed E-state index contributed by atoms with van der Waals surface area (Å²) in [4.78, 5) is 8.74. The van der Waals surface area contributed by atoms with Gasteiger partial charge in [-0.15, -0.1) is 5.10 Å². The minimum Gasteiger partial charge on any atom is -0.497 e. The second-order valence-electron chi connectivity index (χ2n) is 7.70. The first-order valence-electron chi connectivity index (χ1n) is 10.0. The number of rotatable bonds is 3. The zero-order valence-corrected chi connectivity index (χ0v) is 17.1. The van der Waals surface area contributed by atoms with Crippen LogP contribution >= 0.6 is 0 Å². The lowest BCUT2D eigenvalue weighted by molar-refractivity contribution is -0.173. The number of H-pyrrole nitrogens is 1. The first-order chi connectivity index (χ1) is 15.9. The molecule has 5 heterocycles. The summed E-state index contributed by atoms with van der Waals surface area (Å²) in [7, 11) is 1.53. The van der Waals surface area contributed by atoms with Crippen LogP contribution in [0.3, 0.4) is 0 Å². The van der Waals surface area contributed by atoms with Crippen molar-refractivity contribution in [2.24, 2.45) is 0 Å². The molecule has 13 heteroatoms. The Labute approximate surface area is 183 Å². The SMILES string of the molecule is COc1ccc(C2CC(C(F)(F)F)n3ncc(-c4nc5c6cn[nH]c6ncn5n4)c3N2)cc1. The molecule has 0 fully saturated rings. The van der Waals surface area contributed by atoms with E-state index in [1.54, 1.807) is 30.5 Å². The predicted octanol–water partition coefficient (Wildman–Crippen LogP) is 3.53. The highest BCUT2D eigenvalue weighted by atomic mass is 19.4. The quantitative estimate of drug-likeness (QED) is 0.428. The fourth-order valence-electron chi connectivity index (χ4n) is 4.14. The number of aromatic amines is 1. The van der Waals surface area contributed by atoms with Crippen LogP contribution in [0, 0.1) is 0 Å². The number of aromatic nitrogens is 8. The third-order valence-electron chi connectivity index (χ3n) is 5.79. The standard InChI is InChI=1S/C20H16F3N9O/c1-33-11-4-2-10(3-5-11)14-6-15(20(21,22)23)32-19(27-14)13(8-26-32)17-28-18-12-7-25-29-16(12)24-9-31(18)30-17/h2-5,7-9,14-15,27H,6H2,1H3,(H,25,29). The van der Waals surface area contributed by atoms with Crippen molar-refractivity contribution in [2.45, 2.75) is 24.7 Å². The molecule has 2 unspecified atom stereocenters. The van der Waals surface area contributed by atoms with Gasteiger partial charge in [0.15, 0.2) is 23.2 Å². The van der Waals surface area contributed by atoms with Crippen molar-refractivity contribution in [3.8, 4) is 17.1 Å². The first kappa shape index (κ1) is 19.5. The molecule has 0 bridgehead atoms. The molecule has 2 atom stereocenters. The van der Waals surface area contributed by atoms with Gasteiger partial charge in [-0.25, -0.2) is 19.2 Å². The van der Waals surface area contributed by atoms with E-state index in [0.717, 1.165) is 4.68 Å². The van der Waals surface area contributed by atoms with E-state index < -0.39 is 18.3 Å². The van der Waals surface area contributed by atoms with Crippen molar-refractivity contribution in [3.63, 3.8) is 0 Å². The van der Waals surface area contributed by atoms with E-state index in [1.165, 1.54) is 24.1 Å². The van der Waals surface area contributed by atoms with E-state index >= 15 is 0 Å². The molecular weight excluding hydrogens is 439 g/mol. The Kier molecular flexibility index (Phi) is 4.09. The Bertz CT molecular complexity index is 1470. The van der Waals surface area contributed by atoms with Crippen LogP contribution in [-0.2, 0) is 0 Å². The van der Waals surface area contributed by atoms with Gasteiger partial charge in [-0.05, 0) is 17.7 Å². The monoisotopic (exact) mass is 455 g/mol. The molecule has 1 aromatic carbocycles. The smallest absolute Gasteiger partial charge is 0.410 e. The van der Waals surface area contributed by atoms with Crippen LogP contribution in [0.25, 0.3) is 28.1 Å². The van der Waals surface area contributed by atoms with E-state index in [4.69, 9.17) is 4.74 Å². The van der Waals surface area contributed by atoms with E-state index in [2.05, 4.69) is 35.7 Å². The van der Waals surface area contributed by atoms with Crippen LogP contribution in [0.4, 0.5) is 19.0 Å². The van der Waals surface area contributed by atoms with Crippen LogP contribution in [0.1, 0.15) is 24.1 Å². The second-order valence-corrected chi connectivity index (χ2v) is 7.70. The molecule has 1 aliphatic rings. The summed E-state index contributed by atoms with van der Waals surface area (Å²) in [6.45, 7) is 0. The number of nitrogens with zero attached hydrogens (tertiary/aromatic N) is 7. The van der Waals surface area contributed by atoms with Gasteiger partial charge in [-0.3, -0.25) is 5.10 Å². The van der Waals surface area contributed by atoms with Crippen LogP contribution in [0.2, 0.25) is 0 Å². The largest absolute Gasteiger partial charge is 0.497 e. The average Bonchev–Trinajstić information content (AvgIpc) is 3.54. The van der Waals surface area contributed by atoms with Crippen molar-refractivity contribution in [1.29, 1.82) is 0 Å². The first-order valence-corrected chi connectivity index (χ1v) is 10.0. The number of ether oxygens (including phenoxy) is 1. The molecule has 0 saturated carbocycles. The summed E-state index contributed by atoms with van der Waals surface area (Å²) < 4.78 is 49.5. The highest BCUT2D eigenvalue weighted by Gasteiger charge is 2.47. The summed E-state index contributed by atoms with van der Waals surface area (Å²) in [5.74, 6) is 1.06. The Morgan fingerprint density at radius 1 is 1.15 bits per heavy atom. The normalized spacial score (nSPS) is 18.4. The number of alkyl halides is 3. The number of hydrogen-bond donors (Lipinski definition) is 2. The summed E-state index contributed by atoms with van der Waals surface area (Å²) in [6, 6.07) is 4.55. The van der Waals surface area contributed by atoms with Crippen molar-refractivity contribution in [2.75, 3.05) is 12.4 Å². The van der Waals surface area contributed by atoms with Gasteiger partial charge >= 0.3 is 6.18 Å². The number of halogens is 3. The highest BCUT2D eigenvalue weighted by molar-refractivity contribution is 5.89. The van der Waals surface area contributed by atoms with Crippen molar-refractivity contribution in [1.82, 2.24) is 39.6 Å². The molecule has 4 aromatic heterocycles. The summed E-state index contributed by atoms with van der Waals surface area (Å²) in [5, 5.41) is 19.0. The zero-order chi connectivity index (χ0) is 22.7. The van der Waals surface area contributed by atoms with Gasteiger partial charge in [-0.2, -0.15) is 23.4 Å². The predicted molar refractivity (Wildman–Crippen MR) is 111 cm³/mol. The maximum atomic E-state index is 14.0. The van der Waals surface area contributed by atoms with Crippen molar-refractivity contribution >= 4 is 22.5 Å². The number of fused-ring (bicyclic) bond motifs is 4. The van der Waals surface area contributed by atoms with Crippen molar-refractivity contribution in [3.05, 3.63) is 48.5 Å². The van der Waals surface area contributed by atoms with Gasteiger partial charge in [0.05, 0.1) is 36.5 Å². The molecule has 2 N–H and O–H groups in total. The summed E-state index contributed by atoms with van der Waals surface area (Å²) >= 11 is 0. The lowest BCUT2D eigenvalue weighted by atomic mass is 9.96. The minimum absolute atomic E-state index is 0.205. The number of methoxy groups -OCH3 is 1. The fourth-order valence-corrected chi connectivity index (χ4v) is 4.14. The molecule has 0 amide bonds. The summed E-state index contributed by atoms with van der Waals surface area (Å²) in [6.07, 6.45) is -0.298. The van der Waals surface area contributed by atoms with Gasteiger partial charge in [0.2, 0.25) is 0 Å². The summed E-state index contributed by atoms with van der Waals surface area (Å²) in [5.41, 5.74) is 2.09. The molecule has 0 aliphatic carbocycles. The minimum atomic E-state index is -4.48. The van der Waals surface area contributed by atoms with Crippen LogP contribution < -0.4 is 10.1 Å². The van der Waals surface area contributed by atoms with Crippen molar-refractivity contribution < 1.29 is 17.9 Å². The molecule has 5 aromatic rings.